The zero-order chi connectivity index (χ0) is 11.3. The zero-order valence-electron chi connectivity index (χ0n) is 8.86. The average Bonchev–Trinajstić information content (AvgIpc) is 2.26. The van der Waals surface area contributed by atoms with Gasteiger partial charge in [0.05, 0.1) is 7.11 Å². The van der Waals surface area contributed by atoms with Crippen molar-refractivity contribution >= 4 is 12.1 Å². The fourth-order valence-electron chi connectivity index (χ4n) is 2.10. The van der Waals surface area contributed by atoms with E-state index in [2.05, 4.69) is 10.1 Å². The molecule has 0 radical (unpaired) electrons. The first-order valence-corrected chi connectivity index (χ1v) is 5.22. The molecule has 0 aromatic carbocycles. The summed E-state index contributed by atoms with van der Waals surface area (Å²) in [7, 11) is 1.28. The van der Waals surface area contributed by atoms with E-state index in [-0.39, 0.29) is 5.92 Å². The van der Waals surface area contributed by atoms with Crippen LogP contribution < -0.4 is 5.32 Å². The number of ether oxygens (including phenoxy) is 1. The predicted molar refractivity (Wildman–Crippen MR) is 53.5 cm³/mol. The highest BCUT2D eigenvalue weighted by molar-refractivity contribution is 5.80. The van der Waals surface area contributed by atoms with Crippen molar-refractivity contribution in [3.63, 3.8) is 0 Å². The van der Waals surface area contributed by atoms with Gasteiger partial charge < -0.3 is 15.2 Å². The molecule has 0 saturated heterocycles. The van der Waals surface area contributed by atoms with Crippen molar-refractivity contribution in [2.24, 2.45) is 5.92 Å². The summed E-state index contributed by atoms with van der Waals surface area (Å²) in [6.45, 7) is 0. The molecule has 0 aromatic rings. The molecule has 1 saturated carbocycles. The van der Waals surface area contributed by atoms with Gasteiger partial charge in [-0.15, -0.1) is 0 Å². The van der Waals surface area contributed by atoms with Crippen LogP contribution in [0.2, 0.25) is 0 Å². The Morgan fingerprint density at radius 3 is 2.40 bits per heavy atom. The molecule has 1 unspecified atom stereocenters. The van der Waals surface area contributed by atoms with Gasteiger partial charge in [-0.3, -0.25) is 0 Å². The second-order valence-electron chi connectivity index (χ2n) is 3.85. The number of rotatable bonds is 3. The Kier molecular flexibility index (Phi) is 4.39. The van der Waals surface area contributed by atoms with Crippen LogP contribution in [0.4, 0.5) is 4.79 Å². The second kappa shape index (κ2) is 5.58. The van der Waals surface area contributed by atoms with Gasteiger partial charge in [0.1, 0.15) is 6.04 Å². The number of esters is 1. The lowest BCUT2D eigenvalue weighted by Gasteiger charge is -2.27. The number of hydrogen-bond donors (Lipinski definition) is 2. The lowest BCUT2D eigenvalue weighted by atomic mass is 9.84. The standard InChI is InChI=1S/C10H17NO4/c1-15-9(12)8(11-10(13)14)7-5-3-2-4-6-7/h7-8,11H,2-6H2,1H3,(H,13,14). The fourth-order valence-corrected chi connectivity index (χ4v) is 2.10. The van der Waals surface area contributed by atoms with Crippen molar-refractivity contribution < 1.29 is 19.4 Å². The van der Waals surface area contributed by atoms with Crippen LogP contribution in [-0.2, 0) is 9.53 Å². The number of amides is 1. The molecule has 15 heavy (non-hydrogen) atoms. The number of carbonyl (C=O) groups excluding carboxylic acids is 1. The monoisotopic (exact) mass is 215 g/mol. The van der Waals surface area contributed by atoms with E-state index in [1.165, 1.54) is 7.11 Å². The van der Waals surface area contributed by atoms with Crippen LogP contribution in [0.1, 0.15) is 32.1 Å². The molecule has 5 nitrogen and oxygen atoms in total. The number of carboxylic acid groups (broad SMARTS) is 1. The van der Waals surface area contributed by atoms with E-state index >= 15 is 0 Å². The van der Waals surface area contributed by atoms with E-state index in [0.29, 0.717) is 0 Å². The molecule has 5 heteroatoms. The van der Waals surface area contributed by atoms with Crippen molar-refractivity contribution in [1.82, 2.24) is 5.32 Å². The number of nitrogens with one attached hydrogen (secondary N) is 1. The number of methoxy groups -OCH3 is 1. The van der Waals surface area contributed by atoms with Gasteiger partial charge in [-0.1, -0.05) is 19.3 Å². The minimum atomic E-state index is -1.17. The van der Waals surface area contributed by atoms with Gasteiger partial charge in [0, 0.05) is 0 Å². The Morgan fingerprint density at radius 1 is 1.33 bits per heavy atom. The lowest BCUT2D eigenvalue weighted by Crippen LogP contribution is -2.46. The molecule has 0 bridgehead atoms. The van der Waals surface area contributed by atoms with Crippen molar-refractivity contribution in [2.75, 3.05) is 7.11 Å². The summed E-state index contributed by atoms with van der Waals surface area (Å²) in [5.74, 6) is -0.397. The van der Waals surface area contributed by atoms with Gasteiger partial charge in [0.2, 0.25) is 0 Å². The molecule has 1 amide bonds. The molecule has 0 heterocycles. The third-order valence-electron chi connectivity index (χ3n) is 2.86. The first-order valence-electron chi connectivity index (χ1n) is 5.22. The van der Waals surface area contributed by atoms with Crippen LogP contribution in [0, 0.1) is 5.92 Å². The Labute approximate surface area is 88.8 Å². The molecule has 1 atom stereocenters. The summed E-state index contributed by atoms with van der Waals surface area (Å²) in [6, 6.07) is -0.701. The molecule has 86 valence electrons. The van der Waals surface area contributed by atoms with Crippen molar-refractivity contribution in [3.05, 3.63) is 0 Å². The molecule has 2 N–H and O–H groups in total. The molecule has 0 aliphatic heterocycles. The average molecular weight is 215 g/mol. The maximum Gasteiger partial charge on any atom is 0.405 e. The highest BCUT2D eigenvalue weighted by atomic mass is 16.5. The van der Waals surface area contributed by atoms with Gasteiger partial charge in [0.25, 0.3) is 0 Å². The molecule has 1 aliphatic carbocycles. The smallest absolute Gasteiger partial charge is 0.405 e. The Bertz CT molecular complexity index is 236. The molecular formula is C10H17NO4. The van der Waals surface area contributed by atoms with E-state index < -0.39 is 18.1 Å². The van der Waals surface area contributed by atoms with E-state index in [0.717, 1.165) is 32.1 Å². The SMILES string of the molecule is COC(=O)C(NC(=O)O)C1CCCCC1. The van der Waals surface area contributed by atoms with E-state index in [4.69, 9.17) is 5.11 Å². The molecule has 0 spiro atoms. The molecule has 0 aromatic heterocycles. The highest BCUT2D eigenvalue weighted by Crippen LogP contribution is 2.26. The van der Waals surface area contributed by atoms with Crippen molar-refractivity contribution in [2.45, 2.75) is 38.1 Å². The topological polar surface area (TPSA) is 75.6 Å². The van der Waals surface area contributed by atoms with Gasteiger partial charge in [-0.2, -0.15) is 0 Å². The maximum atomic E-state index is 11.4. The Hall–Kier alpha value is -1.26. The molecule has 1 rings (SSSR count). The van der Waals surface area contributed by atoms with Gasteiger partial charge in [-0.05, 0) is 18.8 Å². The van der Waals surface area contributed by atoms with Gasteiger partial charge in [-0.25, -0.2) is 9.59 Å². The van der Waals surface area contributed by atoms with Crippen LogP contribution in [0.5, 0.6) is 0 Å². The highest BCUT2D eigenvalue weighted by Gasteiger charge is 2.31. The van der Waals surface area contributed by atoms with Crippen LogP contribution in [0.15, 0.2) is 0 Å². The van der Waals surface area contributed by atoms with Crippen LogP contribution in [-0.4, -0.2) is 30.3 Å². The van der Waals surface area contributed by atoms with E-state index in [1.54, 1.807) is 0 Å². The second-order valence-corrected chi connectivity index (χ2v) is 3.85. The third-order valence-corrected chi connectivity index (χ3v) is 2.86. The first kappa shape index (κ1) is 11.8. The van der Waals surface area contributed by atoms with Crippen molar-refractivity contribution in [3.8, 4) is 0 Å². The fraction of sp³-hybridized carbons (Fsp3) is 0.800. The quantitative estimate of drug-likeness (QED) is 0.697. The lowest BCUT2D eigenvalue weighted by molar-refractivity contribution is -0.144. The minimum absolute atomic E-state index is 0.0855. The summed E-state index contributed by atoms with van der Waals surface area (Å²) in [5.41, 5.74) is 0. The third kappa shape index (κ3) is 3.42. The van der Waals surface area contributed by atoms with Crippen molar-refractivity contribution in [1.29, 1.82) is 0 Å². The summed E-state index contributed by atoms with van der Waals surface area (Å²) in [5, 5.41) is 10.9. The molecular weight excluding hydrogens is 198 g/mol. The summed E-state index contributed by atoms with van der Waals surface area (Å²) < 4.78 is 4.60. The predicted octanol–water partition coefficient (Wildman–Crippen LogP) is 1.38. The summed E-state index contributed by atoms with van der Waals surface area (Å²) in [6.07, 6.45) is 3.88. The number of carbonyl (C=O) groups is 2. The van der Waals surface area contributed by atoms with E-state index in [9.17, 15) is 9.59 Å². The van der Waals surface area contributed by atoms with Crippen LogP contribution in [0.3, 0.4) is 0 Å². The minimum Gasteiger partial charge on any atom is -0.467 e. The van der Waals surface area contributed by atoms with Crippen LogP contribution in [0.25, 0.3) is 0 Å². The zero-order valence-corrected chi connectivity index (χ0v) is 8.86. The maximum absolute atomic E-state index is 11.4. The largest absolute Gasteiger partial charge is 0.467 e. The number of hydrogen-bond acceptors (Lipinski definition) is 3. The summed E-state index contributed by atoms with van der Waals surface area (Å²) in [4.78, 5) is 22.0. The molecule has 1 fully saturated rings. The Balaban J connectivity index is 2.60. The van der Waals surface area contributed by atoms with Gasteiger partial charge in [0.15, 0.2) is 0 Å². The molecule has 1 aliphatic rings. The van der Waals surface area contributed by atoms with E-state index in [1.807, 2.05) is 0 Å². The van der Waals surface area contributed by atoms with Crippen LogP contribution >= 0.6 is 0 Å². The first-order chi connectivity index (χ1) is 7.15. The summed E-state index contributed by atoms with van der Waals surface area (Å²) >= 11 is 0. The normalized spacial score (nSPS) is 19.3. The Morgan fingerprint density at radius 2 is 1.93 bits per heavy atom. The van der Waals surface area contributed by atoms with Gasteiger partial charge >= 0.3 is 12.1 Å².